The van der Waals surface area contributed by atoms with Crippen molar-refractivity contribution >= 4 is 11.8 Å². The van der Waals surface area contributed by atoms with Gasteiger partial charge in [0, 0.05) is 18.7 Å². The molecular formula is C22H29N5O3. The second-order valence-corrected chi connectivity index (χ2v) is 8.30. The monoisotopic (exact) mass is 411 g/mol. The normalized spacial score (nSPS) is 22.9. The molecule has 160 valence electrons. The summed E-state index contributed by atoms with van der Waals surface area (Å²) in [6, 6.07) is 7.56. The van der Waals surface area contributed by atoms with Gasteiger partial charge in [0.15, 0.2) is 5.82 Å². The number of benzene rings is 1. The number of nitrogens with zero attached hydrogens (tertiary/aromatic N) is 3. The third kappa shape index (κ3) is 5.05. The highest BCUT2D eigenvalue weighted by Gasteiger charge is 2.30. The second-order valence-electron chi connectivity index (χ2n) is 8.30. The van der Waals surface area contributed by atoms with Crippen molar-refractivity contribution in [1.82, 2.24) is 25.7 Å². The zero-order chi connectivity index (χ0) is 20.9. The molecule has 2 fully saturated rings. The Bertz CT molecular complexity index is 879. The van der Waals surface area contributed by atoms with Crippen LogP contribution in [0.5, 0.6) is 0 Å². The molecule has 0 saturated carbocycles. The van der Waals surface area contributed by atoms with Crippen molar-refractivity contribution in [3.8, 4) is 11.5 Å². The fourth-order valence-corrected chi connectivity index (χ4v) is 4.11. The van der Waals surface area contributed by atoms with Crippen molar-refractivity contribution in [3.63, 3.8) is 0 Å². The third-order valence-corrected chi connectivity index (χ3v) is 5.86. The number of hydrogen-bond donors (Lipinski definition) is 2. The van der Waals surface area contributed by atoms with Crippen molar-refractivity contribution in [2.75, 3.05) is 19.6 Å². The lowest BCUT2D eigenvalue weighted by atomic mass is 9.96. The molecule has 2 atom stereocenters. The van der Waals surface area contributed by atoms with Gasteiger partial charge in [-0.3, -0.25) is 14.5 Å². The summed E-state index contributed by atoms with van der Waals surface area (Å²) in [6.45, 7) is 4.80. The molecule has 2 aliphatic rings. The topological polar surface area (TPSA) is 100 Å². The van der Waals surface area contributed by atoms with Gasteiger partial charge in [-0.25, -0.2) is 0 Å². The van der Waals surface area contributed by atoms with Crippen LogP contribution in [0.25, 0.3) is 11.5 Å². The lowest BCUT2D eigenvalue weighted by Gasteiger charge is -2.31. The van der Waals surface area contributed by atoms with Crippen molar-refractivity contribution in [3.05, 3.63) is 35.7 Å². The molecule has 0 bridgehead atoms. The van der Waals surface area contributed by atoms with Gasteiger partial charge in [0.25, 0.3) is 5.89 Å². The summed E-state index contributed by atoms with van der Waals surface area (Å²) in [5, 5.41) is 9.95. The predicted molar refractivity (Wildman–Crippen MR) is 111 cm³/mol. The van der Waals surface area contributed by atoms with Crippen LogP contribution >= 0.6 is 0 Å². The Balaban J connectivity index is 1.33. The van der Waals surface area contributed by atoms with Gasteiger partial charge in [-0.1, -0.05) is 22.9 Å². The van der Waals surface area contributed by atoms with E-state index in [1.807, 2.05) is 31.2 Å². The van der Waals surface area contributed by atoms with Crippen LogP contribution in [0.4, 0.5) is 0 Å². The van der Waals surface area contributed by atoms with Gasteiger partial charge in [-0.05, 0) is 57.7 Å². The van der Waals surface area contributed by atoms with Crippen LogP contribution in [0.1, 0.15) is 43.5 Å². The Morgan fingerprint density at radius 2 is 2.07 bits per heavy atom. The number of aryl methyl sites for hydroxylation is 1. The van der Waals surface area contributed by atoms with Crippen molar-refractivity contribution in [1.29, 1.82) is 0 Å². The molecule has 4 rings (SSSR count). The van der Waals surface area contributed by atoms with Gasteiger partial charge in [0.1, 0.15) is 6.04 Å². The van der Waals surface area contributed by atoms with E-state index in [1.165, 1.54) is 5.56 Å². The number of hydrogen-bond acceptors (Lipinski definition) is 6. The quantitative estimate of drug-likeness (QED) is 0.781. The van der Waals surface area contributed by atoms with Crippen LogP contribution in [0, 0.1) is 12.8 Å². The third-order valence-electron chi connectivity index (χ3n) is 5.86. The maximum absolute atomic E-state index is 12.8. The molecule has 1 aromatic carbocycles. The second kappa shape index (κ2) is 9.38. The molecule has 30 heavy (non-hydrogen) atoms. The standard InChI is InChI=1S/C22H29N5O3/c1-15-7-9-16(10-8-15)22-25-19(26-30-22)14-27-12-4-5-17(13-27)20(28)24-18-6-2-3-11-23-21(18)29/h7-10,17-18H,2-6,11-14H2,1H3,(H,23,29)(H,24,28)/t17-,18+/m1/s1. The van der Waals surface area contributed by atoms with Crippen LogP contribution in [0.3, 0.4) is 0 Å². The number of piperidine rings is 1. The van der Waals surface area contributed by atoms with E-state index in [9.17, 15) is 9.59 Å². The summed E-state index contributed by atoms with van der Waals surface area (Å²) >= 11 is 0. The van der Waals surface area contributed by atoms with E-state index in [1.54, 1.807) is 0 Å². The lowest BCUT2D eigenvalue weighted by Crippen LogP contribution is -2.50. The lowest BCUT2D eigenvalue weighted by molar-refractivity contribution is -0.132. The minimum Gasteiger partial charge on any atom is -0.354 e. The van der Waals surface area contributed by atoms with Gasteiger partial charge in [0.05, 0.1) is 12.5 Å². The molecule has 2 saturated heterocycles. The number of carbonyl (C=O) groups is 2. The first-order valence-corrected chi connectivity index (χ1v) is 10.8. The van der Waals surface area contributed by atoms with Crippen LogP contribution in [0.15, 0.2) is 28.8 Å². The van der Waals surface area contributed by atoms with E-state index < -0.39 is 6.04 Å². The van der Waals surface area contributed by atoms with Gasteiger partial charge >= 0.3 is 0 Å². The number of aromatic nitrogens is 2. The van der Waals surface area contributed by atoms with Crippen LogP contribution in [-0.2, 0) is 16.1 Å². The predicted octanol–water partition coefficient (Wildman–Crippen LogP) is 2.04. The largest absolute Gasteiger partial charge is 0.354 e. The fraction of sp³-hybridized carbons (Fsp3) is 0.545. The van der Waals surface area contributed by atoms with Gasteiger partial charge in [0.2, 0.25) is 11.8 Å². The molecule has 2 N–H and O–H groups in total. The van der Waals surface area contributed by atoms with E-state index in [-0.39, 0.29) is 17.7 Å². The molecule has 0 unspecified atom stereocenters. The summed E-state index contributed by atoms with van der Waals surface area (Å²) in [4.78, 5) is 31.6. The summed E-state index contributed by atoms with van der Waals surface area (Å²) in [5.74, 6) is 0.905. The number of amides is 2. The number of rotatable bonds is 5. The van der Waals surface area contributed by atoms with Crippen molar-refractivity contribution < 1.29 is 14.1 Å². The number of nitrogens with one attached hydrogen (secondary N) is 2. The smallest absolute Gasteiger partial charge is 0.257 e. The molecule has 0 spiro atoms. The van der Waals surface area contributed by atoms with Crippen LogP contribution < -0.4 is 10.6 Å². The van der Waals surface area contributed by atoms with E-state index in [2.05, 4.69) is 25.7 Å². The zero-order valence-corrected chi connectivity index (χ0v) is 17.4. The Morgan fingerprint density at radius 3 is 2.90 bits per heavy atom. The molecule has 1 aromatic heterocycles. The molecule has 0 aliphatic carbocycles. The van der Waals surface area contributed by atoms with Crippen molar-refractivity contribution in [2.24, 2.45) is 5.92 Å². The average Bonchev–Trinajstić information content (AvgIpc) is 3.12. The van der Waals surface area contributed by atoms with E-state index in [0.717, 1.165) is 37.8 Å². The Hall–Kier alpha value is -2.74. The number of carbonyl (C=O) groups excluding carboxylic acids is 2. The fourth-order valence-electron chi connectivity index (χ4n) is 4.11. The first-order chi connectivity index (χ1) is 14.6. The number of likely N-dealkylation sites (tertiary alicyclic amines) is 1. The minimum atomic E-state index is -0.412. The summed E-state index contributed by atoms with van der Waals surface area (Å²) < 4.78 is 5.42. The SMILES string of the molecule is Cc1ccc(-c2nc(CN3CCC[C@@H](C(=O)N[C@H]4CCCCNC4=O)C3)no2)cc1. The summed E-state index contributed by atoms with van der Waals surface area (Å²) in [5.41, 5.74) is 2.08. The van der Waals surface area contributed by atoms with Gasteiger partial charge in [-0.15, -0.1) is 0 Å². The van der Waals surface area contributed by atoms with Gasteiger partial charge in [-0.2, -0.15) is 4.98 Å². The first kappa shape index (κ1) is 20.5. The Morgan fingerprint density at radius 1 is 1.23 bits per heavy atom. The van der Waals surface area contributed by atoms with Crippen LogP contribution in [0.2, 0.25) is 0 Å². The maximum Gasteiger partial charge on any atom is 0.257 e. The zero-order valence-electron chi connectivity index (χ0n) is 17.4. The van der Waals surface area contributed by atoms with E-state index >= 15 is 0 Å². The highest BCUT2D eigenvalue weighted by Crippen LogP contribution is 2.21. The van der Waals surface area contributed by atoms with E-state index in [4.69, 9.17) is 4.52 Å². The van der Waals surface area contributed by atoms with Crippen molar-refractivity contribution in [2.45, 2.75) is 51.6 Å². The summed E-state index contributed by atoms with van der Waals surface area (Å²) in [6.07, 6.45) is 4.38. The highest BCUT2D eigenvalue weighted by atomic mass is 16.5. The molecule has 2 aromatic rings. The Labute approximate surface area is 176 Å². The maximum atomic E-state index is 12.8. The molecular weight excluding hydrogens is 382 g/mol. The Kier molecular flexibility index (Phi) is 6.42. The molecule has 2 aliphatic heterocycles. The molecule has 3 heterocycles. The molecule has 0 radical (unpaired) electrons. The van der Waals surface area contributed by atoms with Gasteiger partial charge < -0.3 is 15.2 Å². The molecule has 2 amide bonds. The first-order valence-electron chi connectivity index (χ1n) is 10.8. The van der Waals surface area contributed by atoms with Crippen LogP contribution in [-0.4, -0.2) is 52.5 Å². The van der Waals surface area contributed by atoms with E-state index in [0.29, 0.717) is 37.8 Å². The average molecular weight is 412 g/mol. The minimum absolute atomic E-state index is 0.0322. The summed E-state index contributed by atoms with van der Waals surface area (Å²) in [7, 11) is 0. The molecule has 8 heteroatoms. The highest BCUT2D eigenvalue weighted by molar-refractivity contribution is 5.88. The molecule has 8 nitrogen and oxygen atoms in total.